The molecule has 0 aliphatic carbocycles. The second-order valence-corrected chi connectivity index (χ2v) is 4.72. The van der Waals surface area contributed by atoms with Crippen molar-refractivity contribution in [2.24, 2.45) is 0 Å². The Bertz CT molecular complexity index is 325. The second-order valence-electron chi connectivity index (χ2n) is 3.81. The minimum Gasteiger partial charge on any atom is -0.496 e. The van der Waals surface area contributed by atoms with E-state index in [1.807, 2.05) is 13.1 Å². The maximum absolute atomic E-state index is 5.34. The van der Waals surface area contributed by atoms with Crippen LogP contribution in [0.4, 0.5) is 0 Å². The van der Waals surface area contributed by atoms with Crippen molar-refractivity contribution in [3.63, 3.8) is 0 Å². The summed E-state index contributed by atoms with van der Waals surface area (Å²) < 4.78 is 5.34. The Morgan fingerprint density at radius 3 is 2.47 bits per heavy atom. The molecule has 3 heteroatoms. The molecule has 0 saturated carbocycles. The van der Waals surface area contributed by atoms with Gasteiger partial charge in [0.2, 0.25) is 0 Å². The van der Waals surface area contributed by atoms with Crippen LogP contribution in [0.25, 0.3) is 0 Å². The third-order valence-corrected chi connectivity index (χ3v) is 3.41. The summed E-state index contributed by atoms with van der Waals surface area (Å²) in [5.41, 5.74) is 2.47. The summed E-state index contributed by atoms with van der Waals surface area (Å²) in [4.78, 5) is 0.195. The molecular formula is C12H18BrNO. The average Bonchev–Trinajstić information content (AvgIpc) is 2.27. The predicted molar refractivity (Wildman–Crippen MR) is 67.8 cm³/mol. The van der Waals surface area contributed by atoms with Crippen molar-refractivity contribution in [1.82, 2.24) is 5.32 Å². The number of ether oxygens (including phenoxy) is 1. The van der Waals surface area contributed by atoms with Crippen LogP contribution in [0.15, 0.2) is 18.2 Å². The van der Waals surface area contributed by atoms with Gasteiger partial charge in [-0.25, -0.2) is 0 Å². The van der Waals surface area contributed by atoms with E-state index in [1.54, 1.807) is 7.11 Å². The number of hydrogen-bond donors (Lipinski definition) is 1. The molecule has 0 heterocycles. The highest BCUT2D eigenvalue weighted by atomic mass is 79.9. The van der Waals surface area contributed by atoms with E-state index in [-0.39, 0.29) is 4.95 Å². The van der Waals surface area contributed by atoms with E-state index < -0.39 is 0 Å². The van der Waals surface area contributed by atoms with E-state index in [0.29, 0.717) is 5.92 Å². The Morgan fingerprint density at radius 1 is 1.33 bits per heavy atom. The van der Waals surface area contributed by atoms with Crippen LogP contribution in [0, 0.1) is 0 Å². The van der Waals surface area contributed by atoms with Gasteiger partial charge >= 0.3 is 0 Å². The smallest absolute Gasteiger partial charge is 0.122 e. The summed E-state index contributed by atoms with van der Waals surface area (Å²) in [6.45, 7) is 4.34. The molecule has 0 aromatic heterocycles. The molecule has 1 rings (SSSR count). The van der Waals surface area contributed by atoms with Crippen LogP contribution in [-0.4, -0.2) is 14.2 Å². The molecule has 0 radical (unpaired) electrons. The average molecular weight is 272 g/mol. The third kappa shape index (κ3) is 2.95. The van der Waals surface area contributed by atoms with Gasteiger partial charge in [0.1, 0.15) is 5.75 Å². The molecule has 0 aliphatic heterocycles. The van der Waals surface area contributed by atoms with Crippen molar-refractivity contribution in [3.05, 3.63) is 29.3 Å². The largest absolute Gasteiger partial charge is 0.496 e. The molecule has 0 saturated heterocycles. The first-order chi connectivity index (χ1) is 7.10. The molecule has 84 valence electrons. The molecule has 2 nitrogen and oxygen atoms in total. The topological polar surface area (TPSA) is 21.3 Å². The fraction of sp³-hybridized carbons (Fsp3) is 0.500. The molecule has 0 fully saturated rings. The molecule has 1 aromatic rings. The molecule has 0 bridgehead atoms. The van der Waals surface area contributed by atoms with Gasteiger partial charge < -0.3 is 10.1 Å². The van der Waals surface area contributed by atoms with Gasteiger partial charge in [0.25, 0.3) is 0 Å². The summed E-state index contributed by atoms with van der Waals surface area (Å²) in [5, 5.41) is 3.16. The first-order valence-electron chi connectivity index (χ1n) is 5.09. The highest BCUT2D eigenvalue weighted by molar-refractivity contribution is 9.09. The van der Waals surface area contributed by atoms with Crippen LogP contribution in [0.1, 0.15) is 35.8 Å². The van der Waals surface area contributed by atoms with E-state index in [1.165, 1.54) is 11.1 Å². The minimum absolute atomic E-state index is 0.195. The normalized spacial score (nSPS) is 12.9. The molecular weight excluding hydrogens is 254 g/mol. The lowest BCUT2D eigenvalue weighted by Gasteiger charge is -2.16. The van der Waals surface area contributed by atoms with Crippen LogP contribution >= 0.6 is 15.9 Å². The van der Waals surface area contributed by atoms with Crippen molar-refractivity contribution in [2.75, 3.05) is 14.2 Å². The SMILES string of the molecule is CNC(Br)c1ccc(OC)c(C(C)C)c1. The van der Waals surface area contributed by atoms with Crippen LogP contribution in [-0.2, 0) is 0 Å². The first-order valence-corrected chi connectivity index (χ1v) is 6.01. The van der Waals surface area contributed by atoms with Crippen molar-refractivity contribution >= 4 is 15.9 Å². The van der Waals surface area contributed by atoms with Crippen molar-refractivity contribution in [2.45, 2.75) is 24.7 Å². The molecule has 15 heavy (non-hydrogen) atoms. The maximum Gasteiger partial charge on any atom is 0.122 e. The lowest BCUT2D eigenvalue weighted by atomic mass is 9.99. The van der Waals surface area contributed by atoms with Crippen molar-refractivity contribution in [3.8, 4) is 5.75 Å². The Balaban J connectivity index is 3.10. The lowest BCUT2D eigenvalue weighted by molar-refractivity contribution is 0.407. The number of alkyl halides is 1. The molecule has 1 N–H and O–H groups in total. The molecule has 0 aliphatic rings. The number of methoxy groups -OCH3 is 1. The maximum atomic E-state index is 5.34. The number of halogens is 1. The zero-order valence-corrected chi connectivity index (χ0v) is 11.3. The molecule has 1 atom stereocenters. The summed E-state index contributed by atoms with van der Waals surface area (Å²) in [6, 6.07) is 6.27. The zero-order valence-electron chi connectivity index (χ0n) is 9.67. The van der Waals surface area contributed by atoms with Crippen LogP contribution in [0.3, 0.4) is 0 Å². The van der Waals surface area contributed by atoms with Gasteiger partial charge in [-0.1, -0.05) is 35.8 Å². The van der Waals surface area contributed by atoms with Gasteiger partial charge in [-0.2, -0.15) is 0 Å². The monoisotopic (exact) mass is 271 g/mol. The quantitative estimate of drug-likeness (QED) is 0.669. The van der Waals surface area contributed by atoms with E-state index >= 15 is 0 Å². The third-order valence-electron chi connectivity index (χ3n) is 2.42. The van der Waals surface area contributed by atoms with Gasteiger partial charge in [-0.05, 0) is 36.2 Å². The van der Waals surface area contributed by atoms with Gasteiger partial charge in [0.05, 0.1) is 12.1 Å². The van der Waals surface area contributed by atoms with Crippen LogP contribution < -0.4 is 10.1 Å². The van der Waals surface area contributed by atoms with E-state index in [2.05, 4.69) is 47.2 Å². The first kappa shape index (κ1) is 12.5. The van der Waals surface area contributed by atoms with E-state index in [0.717, 1.165) is 5.75 Å². The van der Waals surface area contributed by atoms with Crippen molar-refractivity contribution < 1.29 is 4.74 Å². The molecule has 1 aromatic carbocycles. The van der Waals surface area contributed by atoms with Gasteiger partial charge in [0, 0.05) is 0 Å². The fourth-order valence-corrected chi connectivity index (χ4v) is 1.81. The Kier molecular flexibility index (Phi) is 4.61. The number of nitrogens with one attached hydrogen (secondary N) is 1. The van der Waals surface area contributed by atoms with Gasteiger partial charge in [0.15, 0.2) is 0 Å². The van der Waals surface area contributed by atoms with Gasteiger partial charge in [-0.15, -0.1) is 0 Å². The van der Waals surface area contributed by atoms with Gasteiger partial charge in [-0.3, -0.25) is 0 Å². The number of hydrogen-bond acceptors (Lipinski definition) is 2. The fourth-order valence-electron chi connectivity index (χ4n) is 1.53. The summed E-state index contributed by atoms with van der Waals surface area (Å²) in [6.07, 6.45) is 0. The number of benzene rings is 1. The highest BCUT2D eigenvalue weighted by Crippen LogP contribution is 2.30. The van der Waals surface area contributed by atoms with Crippen LogP contribution in [0.5, 0.6) is 5.75 Å². The predicted octanol–water partition coefficient (Wildman–Crippen LogP) is 3.43. The van der Waals surface area contributed by atoms with E-state index in [4.69, 9.17) is 4.74 Å². The lowest BCUT2D eigenvalue weighted by Crippen LogP contribution is -2.10. The standard InChI is InChI=1S/C12H18BrNO/c1-8(2)10-7-9(12(13)14-3)5-6-11(10)15-4/h5-8,12,14H,1-4H3. The number of rotatable bonds is 4. The summed E-state index contributed by atoms with van der Waals surface area (Å²) in [5.74, 6) is 1.43. The second kappa shape index (κ2) is 5.52. The Hall–Kier alpha value is -0.540. The molecule has 0 amide bonds. The molecule has 1 unspecified atom stereocenters. The van der Waals surface area contributed by atoms with Crippen LogP contribution in [0.2, 0.25) is 0 Å². The Morgan fingerprint density at radius 2 is 2.00 bits per heavy atom. The highest BCUT2D eigenvalue weighted by Gasteiger charge is 2.11. The minimum atomic E-state index is 0.195. The summed E-state index contributed by atoms with van der Waals surface area (Å²) >= 11 is 3.56. The molecule has 0 spiro atoms. The van der Waals surface area contributed by atoms with E-state index in [9.17, 15) is 0 Å². The summed E-state index contributed by atoms with van der Waals surface area (Å²) in [7, 11) is 3.64. The zero-order chi connectivity index (χ0) is 11.4. The van der Waals surface area contributed by atoms with Crippen molar-refractivity contribution in [1.29, 1.82) is 0 Å². The Labute approximate surface area is 100 Å².